The molecular weight excluding hydrogens is 324 g/mol. The molecular formula is C22H16N2O2. The molecule has 1 unspecified atom stereocenters. The van der Waals surface area contributed by atoms with E-state index in [2.05, 4.69) is 4.99 Å². The van der Waals surface area contributed by atoms with Gasteiger partial charge in [-0.15, -0.1) is 0 Å². The number of para-hydroxylation sites is 3. The molecule has 1 heterocycles. The van der Waals surface area contributed by atoms with Crippen LogP contribution in [0.4, 0.5) is 17.1 Å². The minimum atomic E-state index is -0.940. The van der Waals surface area contributed by atoms with E-state index in [9.17, 15) is 9.59 Å². The van der Waals surface area contributed by atoms with Crippen LogP contribution in [0.5, 0.6) is 0 Å². The lowest BCUT2D eigenvalue weighted by atomic mass is 9.93. The number of amides is 1. The average Bonchev–Trinajstić information content (AvgIpc) is 2.70. The fraction of sp³-hybridized carbons (Fsp3) is 0.0455. The number of anilines is 2. The SMILES string of the molecule is O=C1c2ccccc2N=CC1C(=O)N(c1ccccc1)c1ccccc1. The summed E-state index contributed by atoms with van der Waals surface area (Å²) >= 11 is 0. The van der Waals surface area contributed by atoms with Crippen molar-refractivity contribution in [2.24, 2.45) is 10.9 Å². The lowest BCUT2D eigenvalue weighted by Crippen LogP contribution is -2.38. The van der Waals surface area contributed by atoms with Crippen molar-refractivity contribution in [3.05, 3.63) is 90.5 Å². The maximum Gasteiger partial charge on any atom is 0.247 e. The number of fused-ring (bicyclic) bond motifs is 1. The Morgan fingerprint density at radius 2 is 1.31 bits per heavy atom. The van der Waals surface area contributed by atoms with Gasteiger partial charge in [-0.2, -0.15) is 0 Å². The van der Waals surface area contributed by atoms with E-state index in [0.29, 0.717) is 22.6 Å². The van der Waals surface area contributed by atoms with E-state index in [1.54, 1.807) is 23.1 Å². The molecule has 1 amide bonds. The van der Waals surface area contributed by atoms with Gasteiger partial charge in [0.25, 0.3) is 0 Å². The van der Waals surface area contributed by atoms with Crippen molar-refractivity contribution in [3.8, 4) is 0 Å². The number of hydrogen-bond acceptors (Lipinski definition) is 3. The van der Waals surface area contributed by atoms with E-state index < -0.39 is 5.92 Å². The summed E-state index contributed by atoms with van der Waals surface area (Å²) in [6, 6.07) is 25.7. The molecule has 4 rings (SSSR count). The first-order chi connectivity index (χ1) is 12.8. The molecule has 0 spiro atoms. The topological polar surface area (TPSA) is 49.7 Å². The molecule has 3 aromatic rings. The third-order valence-electron chi connectivity index (χ3n) is 4.33. The molecule has 0 saturated heterocycles. The first-order valence-electron chi connectivity index (χ1n) is 8.37. The highest BCUT2D eigenvalue weighted by molar-refractivity contribution is 6.27. The number of carbonyl (C=O) groups excluding carboxylic acids is 2. The quantitative estimate of drug-likeness (QED) is 0.656. The van der Waals surface area contributed by atoms with Gasteiger partial charge in [0.15, 0.2) is 5.78 Å². The number of benzene rings is 3. The second-order valence-corrected chi connectivity index (χ2v) is 5.98. The Labute approximate surface area is 151 Å². The molecule has 1 aliphatic heterocycles. The van der Waals surface area contributed by atoms with Gasteiger partial charge in [-0.3, -0.25) is 19.5 Å². The highest BCUT2D eigenvalue weighted by Crippen LogP contribution is 2.31. The summed E-state index contributed by atoms with van der Waals surface area (Å²) < 4.78 is 0. The summed E-state index contributed by atoms with van der Waals surface area (Å²) in [6.07, 6.45) is 1.45. The molecule has 0 aliphatic carbocycles. The smallest absolute Gasteiger partial charge is 0.247 e. The van der Waals surface area contributed by atoms with Crippen LogP contribution in [0.25, 0.3) is 0 Å². The van der Waals surface area contributed by atoms with Gasteiger partial charge in [0, 0.05) is 23.2 Å². The minimum Gasteiger partial charge on any atom is -0.293 e. The normalized spacial score (nSPS) is 15.4. The Hall–Kier alpha value is -3.53. The second-order valence-electron chi connectivity index (χ2n) is 5.98. The molecule has 0 aromatic heterocycles. The van der Waals surface area contributed by atoms with E-state index in [-0.39, 0.29) is 11.7 Å². The summed E-state index contributed by atoms with van der Waals surface area (Å²) in [5.74, 6) is -1.48. The Morgan fingerprint density at radius 1 is 0.769 bits per heavy atom. The van der Waals surface area contributed by atoms with Crippen molar-refractivity contribution in [2.75, 3.05) is 4.90 Å². The monoisotopic (exact) mass is 340 g/mol. The first-order valence-corrected chi connectivity index (χ1v) is 8.37. The largest absolute Gasteiger partial charge is 0.293 e. The molecule has 26 heavy (non-hydrogen) atoms. The fourth-order valence-corrected chi connectivity index (χ4v) is 3.06. The lowest BCUT2D eigenvalue weighted by Gasteiger charge is -2.27. The predicted octanol–water partition coefficient (Wildman–Crippen LogP) is 4.57. The van der Waals surface area contributed by atoms with Crippen LogP contribution in [0.15, 0.2) is 89.9 Å². The number of aliphatic imine (C=N–C) groups is 1. The Kier molecular flexibility index (Phi) is 4.15. The van der Waals surface area contributed by atoms with Crippen molar-refractivity contribution in [3.63, 3.8) is 0 Å². The first kappa shape index (κ1) is 16.0. The van der Waals surface area contributed by atoms with E-state index >= 15 is 0 Å². The minimum absolute atomic E-state index is 0.225. The molecule has 4 heteroatoms. The van der Waals surface area contributed by atoms with Crippen LogP contribution in [0, 0.1) is 5.92 Å². The number of Topliss-reactive ketones (excluding diaryl/α,β-unsaturated/α-hetero) is 1. The highest BCUT2D eigenvalue weighted by atomic mass is 16.2. The van der Waals surface area contributed by atoms with Gasteiger partial charge in [-0.25, -0.2) is 0 Å². The number of ketones is 1. The summed E-state index contributed by atoms with van der Waals surface area (Å²) in [5.41, 5.74) is 2.51. The van der Waals surface area contributed by atoms with E-state index in [0.717, 1.165) is 0 Å². The van der Waals surface area contributed by atoms with Crippen molar-refractivity contribution in [1.82, 2.24) is 0 Å². The Morgan fingerprint density at radius 3 is 1.92 bits per heavy atom. The van der Waals surface area contributed by atoms with Gasteiger partial charge >= 0.3 is 0 Å². The number of nitrogens with zero attached hydrogens (tertiary/aromatic N) is 2. The van der Waals surface area contributed by atoms with Crippen LogP contribution in [0.2, 0.25) is 0 Å². The van der Waals surface area contributed by atoms with Crippen molar-refractivity contribution < 1.29 is 9.59 Å². The third kappa shape index (κ3) is 2.82. The van der Waals surface area contributed by atoms with Gasteiger partial charge < -0.3 is 0 Å². The Balaban J connectivity index is 1.76. The van der Waals surface area contributed by atoms with Crippen LogP contribution >= 0.6 is 0 Å². The molecule has 126 valence electrons. The summed E-state index contributed by atoms with van der Waals surface area (Å²) in [7, 11) is 0. The van der Waals surface area contributed by atoms with Gasteiger partial charge in [-0.05, 0) is 36.4 Å². The number of hydrogen-bond donors (Lipinski definition) is 0. The zero-order chi connectivity index (χ0) is 17.9. The molecule has 1 atom stereocenters. The molecule has 3 aromatic carbocycles. The molecule has 0 radical (unpaired) electrons. The fourth-order valence-electron chi connectivity index (χ4n) is 3.06. The van der Waals surface area contributed by atoms with E-state index in [1.165, 1.54) is 6.21 Å². The lowest BCUT2D eigenvalue weighted by molar-refractivity contribution is -0.118. The number of carbonyl (C=O) groups is 2. The molecule has 4 nitrogen and oxygen atoms in total. The molecule has 0 bridgehead atoms. The van der Waals surface area contributed by atoms with Gasteiger partial charge in [0.05, 0.1) is 5.69 Å². The zero-order valence-electron chi connectivity index (χ0n) is 13.9. The maximum absolute atomic E-state index is 13.3. The van der Waals surface area contributed by atoms with E-state index in [1.807, 2.05) is 66.7 Å². The molecule has 0 N–H and O–H groups in total. The van der Waals surface area contributed by atoms with E-state index in [4.69, 9.17) is 0 Å². The third-order valence-corrected chi connectivity index (χ3v) is 4.33. The summed E-state index contributed by atoms with van der Waals surface area (Å²) in [5, 5.41) is 0. The summed E-state index contributed by atoms with van der Waals surface area (Å²) in [6.45, 7) is 0. The second kappa shape index (κ2) is 6.76. The van der Waals surface area contributed by atoms with Gasteiger partial charge in [-0.1, -0.05) is 48.5 Å². The summed E-state index contributed by atoms with van der Waals surface area (Å²) in [4.78, 5) is 32.1. The van der Waals surface area contributed by atoms with Crippen molar-refractivity contribution in [1.29, 1.82) is 0 Å². The van der Waals surface area contributed by atoms with Crippen LogP contribution in [0.3, 0.4) is 0 Å². The van der Waals surface area contributed by atoms with Crippen LogP contribution in [0.1, 0.15) is 10.4 Å². The maximum atomic E-state index is 13.3. The highest BCUT2D eigenvalue weighted by Gasteiger charge is 2.34. The Bertz CT molecular complexity index is 942. The van der Waals surface area contributed by atoms with Crippen LogP contribution in [-0.2, 0) is 4.79 Å². The van der Waals surface area contributed by atoms with Crippen LogP contribution < -0.4 is 4.90 Å². The molecule has 1 aliphatic rings. The zero-order valence-corrected chi connectivity index (χ0v) is 13.9. The van der Waals surface area contributed by atoms with Gasteiger partial charge in [0.1, 0.15) is 5.92 Å². The predicted molar refractivity (Wildman–Crippen MR) is 102 cm³/mol. The average molecular weight is 340 g/mol. The van der Waals surface area contributed by atoms with Crippen molar-refractivity contribution in [2.45, 2.75) is 0 Å². The van der Waals surface area contributed by atoms with Crippen LogP contribution in [-0.4, -0.2) is 17.9 Å². The van der Waals surface area contributed by atoms with Crippen molar-refractivity contribution >= 4 is 35.0 Å². The van der Waals surface area contributed by atoms with Gasteiger partial charge in [0.2, 0.25) is 5.91 Å². The standard InChI is InChI=1S/C22H16N2O2/c25-21-18-13-7-8-14-20(18)23-15-19(21)22(26)24(16-9-3-1-4-10-16)17-11-5-2-6-12-17/h1-15,19H. The molecule has 0 saturated carbocycles. The number of rotatable bonds is 3. The molecule has 0 fully saturated rings.